The molecule has 5 heteroatoms. The summed E-state index contributed by atoms with van der Waals surface area (Å²) in [5.74, 6) is 0.0509. The Labute approximate surface area is 217 Å². The van der Waals surface area contributed by atoms with Crippen molar-refractivity contribution in [1.82, 2.24) is 14.8 Å². The fraction of sp³-hybridized carbons (Fsp3) is 0.517. The second kappa shape index (κ2) is 17.5. The van der Waals surface area contributed by atoms with E-state index in [1.165, 1.54) is 29.5 Å². The van der Waals surface area contributed by atoms with E-state index in [-0.39, 0.29) is 5.91 Å². The van der Waals surface area contributed by atoms with Crippen molar-refractivity contribution in [2.75, 3.05) is 27.2 Å². The second-order valence-corrected chi connectivity index (χ2v) is 9.43. The predicted octanol–water partition coefficient (Wildman–Crippen LogP) is 7.79. The quantitative estimate of drug-likeness (QED) is 0.348. The number of hydrogen-bond donors (Lipinski definition) is 0. The summed E-state index contributed by atoms with van der Waals surface area (Å²) < 4.78 is 1.12. The van der Waals surface area contributed by atoms with E-state index in [1.807, 2.05) is 57.3 Å². The number of halogens is 1. The second-order valence-electron chi connectivity index (χ2n) is 8.58. The van der Waals surface area contributed by atoms with Gasteiger partial charge in [0.2, 0.25) is 0 Å². The lowest BCUT2D eigenvalue weighted by atomic mass is 10.1. The molecule has 2 rings (SSSR count). The van der Waals surface area contributed by atoms with Crippen LogP contribution in [0.4, 0.5) is 0 Å². The third-order valence-corrected chi connectivity index (χ3v) is 6.10. The van der Waals surface area contributed by atoms with E-state index < -0.39 is 0 Å². The number of carbonyl (C=O) groups is 1. The number of amides is 1. The lowest BCUT2D eigenvalue weighted by molar-refractivity contribution is 0.0827. The van der Waals surface area contributed by atoms with Crippen LogP contribution in [0.25, 0.3) is 6.08 Å². The zero-order valence-corrected chi connectivity index (χ0v) is 24.7. The highest BCUT2D eigenvalue weighted by molar-refractivity contribution is 9.10. The van der Waals surface area contributed by atoms with E-state index in [2.05, 4.69) is 66.5 Å². The molecule has 190 valence electrons. The van der Waals surface area contributed by atoms with Crippen LogP contribution in [0.3, 0.4) is 0 Å². The monoisotopic (exact) mass is 531 g/mol. The molecule has 0 saturated heterocycles. The number of pyridine rings is 1. The van der Waals surface area contributed by atoms with Crippen molar-refractivity contribution in [3.8, 4) is 0 Å². The fourth-order valence-corrected chi connectivity index (χ4v) is 3.81. The summed E-state index contributed by atoms with van der Waals surface area (Å²) in [4.78, 5) is 19.9. The van der Waals surface area contributed by atoms with Gasteiger partial charge in [0.05, 0.1) is 0 Å². The van der Waals surface area contributed by atoms with Gasteiger partial charge in [-0.1, -0.05) is 73.0 Å². The molecule has 0 fully saturated rings. The maximum atomic E-state index is 11.4. The molecule has 1 aromatic heterocycles. The number of nitrogens with zero attached hydrogens (tertiary/aromatic N) is 3. The summed E-state index contributed by atoms with van der Waals surface area (Å²) in [5, 5.41) is 0. The molecule has 1 unspecified atom stereocenters. The van der Waals surface area contributed by atoms with Gasteiger partial charge in [-0.3, -0.25) is 14.7 Å². The Kier molecular flexibility index (Phi) is 16.4. The van der Waals surface area contributed by atoms with Crippen molar-refractivity contribution in [3.63, 3.8) is 0 Å². The predicted molar refractivity (Wildman–Crippen MR) is 152 cm³/mol. The van der Waals surface area contributed by atoms with Crippen molar-refractivity contribution in [1.29, 1.82) is 0 Å². The summed E-state index contributed by atoms with van der Waals surface area (Å²) in [7, 11) is 3.50. The highest BCUT2D eigenvalue weighted by Gasteiger charge is 2.12. The minimum absolute atomic E-state index is 0.0509. The Balaban J connectivity index is 0.000000662. The standard InChI is InChI=1S/C17H27BrN2.C10H13NO.C2H6/c1-6-10-20(14(4)7-2)12-13(3)11-16-15(5)19-9-8-17(16)18;1-8-4-6-9(7-5-8)10(12)11(2)3;1-2/h8-9,11,14H,6-7,10,12H2,1-5H3;4-7H,1-3H3;1-2H3/b13-11+;;. The van der Waals surface area contributed by atoms with Crippen molar-refractivity contribution >= 4 is 27.9 Å². The Morgan fingerprint density at radius 2 is 1.68 bits per heavy atom. The number of aromatic nitrogens is 1. The summed E-state index contributed by atoms with van der Waals surface area (Å²) in [6.45, 7) is 19.3. The molecular formula is C29H46BrN3O. The van der Waals surface area contributed by atoms with Crippen molar-refractivity contribution in [2.24, 2.45) is 0 Å². The topological polar surface area (TPSA) is 36.4 Å². The van der Waals surface area contributed by atoms with E-state index in [4.69, 9.17) is 0 Å². The number of rotatable bonds is 8. The molecule has 0 aliphatic carbocycles. The van der Waals surface area contributed by atoms with Crippen molar-refractivity contribution < 1.29 is 4.79 Å². The molecule has 1 aromatic carbocycles. The molecule has 0 spiro atoms. The summed E-state index contributed by atoms with van der Waals surface area (Å²) in [6, 6.07) is 10.2. The lowest BCUT2D eigenvalue weighted by Crippen LogP contribution is -2.34. The van der Waals surface area contributed by atoms with E-state index >= 15 is 0 Å². The normalized spacial score (nSPS) is 11.7. The largest absolute Gasteiger partial charge is 0.345 e. The molecule has 0 N–H and O–H groups in total. The molecule has 0 bridgehead atoms. The molecule has 0 aliphatic heterocycles. The maximum Gasteiger partial charge on any atom is 0.253 e. The van der Waals surface area contributed by atoms with Crippen molar-refractivity contribution in [2.45, 2.75) is 74.3 Å². The third kappa shape index (κ3) is 11.4. The first kappa shape index (κ1) is 32.0. The Morgan fingerprint density at radius 1 is 1.09 bits per heavy atom. The van der Waals surface area contributed by atoms with E-state index in [0.717, 1.165) is 28.8 Å². The molecular weight excluding hydrogens is 486 g/mol. The molecule has 34 heavy (non-hydrogen) atoms. The van der Waals surface area contributed by atoms with E-state index in [1.54, 1.807) is 19.0 Å². The van der Waals surface area contributed by atoms with Crippen LogP contribution < -0.4 is 0 Å². The molecule has 0 saturated carbocycles. The van der Waals surface area contributed by atoms with Crippen LogP contribution in [0.1, 0.15) is 81.6 Å². The summed E-state index contributed by atoms with van der Waals surface area (Å²) in [6.07, 6.45) is 6.50. The van der Waals surface area contributed by atoms with Gasteiger partial charge in [0, 0.05) is 54.2 Å². The first-order chi connectivity index (χ1) is 16.1. The van der Waals surface area contributed by atoms with Gasteiger partial charge in [0.1, 0.15) is 0 Å². The van der Waals surface area contributed by atoms with Crippen LogP contribution in [0, 0.1) is 13.8 Å². The van der Waals surface area contributed by atoms with Crippen LogP contribution in [0.2, 0.25) is 0 Å². The number of aryl methyl sites for hydroxylation is 2. The van der Waals surface area contributed by atoms with Crippen molar-refractivity contribution in [3.05, 3.63) is 69.0 Å². The van der Waals surface area contributed by atoms with Gasteiger partial charge in [-0.2, -0.15) is 0 Å². The average Bonchev–Trinajstić information content (AvgIpc) is 2.82. The van der Waals surface area contributed by atoms with Gasteiger partial charge in [-0.25, -0.2) is 0 Å². The van der Waals surface area contributed by atoms with Gasteiger partial charge in [-0.05, 0) is 65.3 Å². The molecule has 4 nitrogen and oxygen atoms in total. The highest BCUT2D eigenvalue weighted by atomic mass is 79.9. The number of benzene rings is 1. The number of hydrogen-bond acceptors (Lipinski definition) is 3. The van der Waals surface area contributed by atoms with Gasteiger partial charge in [-0.15, -0.1) is 0 Å². The van der Waals surface area contributed by atoms with Gasteiger partial charge >= 0.3 is 0 Å². The SMILES string of the molecule is CC.CCCN(C/C(C)=C/c1c(Br)ccnc1C)C(C)CC.Cc1ccc(C(=O)N(C)C)cc1. The van der Waals surface area contributed by atoms with Crippen LogP contribution in [0.5, 0.6) is 0 Å². The van der Waals surface area contributed by atoms with Crippen LogP contribution in [0.15, 0.2) is 46.6 Å². The first-order valence-corrected chi connectivity index (χ1v) is 13.2. The molecule has 1 heterocycles. The third-order valence-electron chi connectivity index (χ3n) is 5.41. The molecule has 0 radical (unpaired) electrons. The zero-order valence-electron chi connectivity index (χ0n) is 23.1. The highest BCUT2D eigenvalue weighted by Crippen LogP contribution is 2.22. The minimum atomic E-state index is 0.0509. The summed E-state index contributed by atoms with van der Waals surface area (Å²) >= 11 is 3.62. The maximum absolute atomic E-state index is 11.4. The average molecular weight is 533 g/mol. The Hall–Kier alpha value is -1.98. The smallest absolute Gasteiger partial charge is 0.253 e. The Bertz CT molecular complexity index is 855. The zero-order chi connectivity index (χ0) is 26.3. The van der Waals surface area contributed by atoms with Gasteiger partial charge in [0.25, 0.3) is 5.91 Å². The molecule has 1 atom stereocenters. The van der Waals surface area contributed by atoms with Crippen LogP contribution >= 0.6 is 15.9 Å². The van der Waals surface area contributed by atoms with E-state index in [9.17, 15) is 4.79 Å². The van der Waals surface area contributed by atoms with Crippen LogP contribution in [-0.2, 0) is 0 Å². The van der Waals surface area contributed by atoms with Gasteiger partial charge < -0.3 is 4.90 Å². The fourth-order valence-electron chi connectivity index (χ4n) is 3.29. The molecule has 0 aliphatic rings. The minimum Gasteiger partial charge on any atom is -0.345 e. The lowest BCUT2D eigenvalue weighted by Gasteiger charge is -2.28. The first-order valence-electron chi connectivity index (χ1n) is 12.4. The number of carbonyl (C=O) groups excluding carboxylic acids is 1. The molecule has 2 aromatic rings. The summed E-state index contributed by atoms with van der Waals surface area (Å²) in [5.41, 5.74) is 5.57. The van der Waals surface area contributed by atoms with E-state index in [0.29, 0.717) is 6.04 Å². The van der Waals surface area contributed by atoms with Crippen LogP contribution in [-0.4, -0.2) is 53.9 Å². The Morgan fingerprint density at radius 3 is 2.15 bits per heavy atom. The van der Waals surface area contributed by atoms with Gasteiger partial charge in [0.15, 0.2) is 0 Å². The molecule has 1 amide bonds.